The molecule has 0 aliphatic carbocycles. The highest BCUT2D eigenvalue weighted by atomic mass is 19.3. The Hall–Kier alpha value is -4.00. The van der Waals surface area contributed by atoms with Crippen molar-refractivity contribution in [3.05, 3.63) is 54.0 Å². The normalized spacial score (nSPS) is 10.7. The Bertz CT molecular complexity index is 1070. The maximum absolute atomic E-state index is 13.7. The number of nitrogens with one attached hydrogen (secondary N) is 1. The average Bonchev–Trinajstić information content (AvgIpc) is 2.75. The van der Waals surface area contributed by atoms with Gasteiger partial charge in [-0.2, -0.15) is 13.2 Å². The van der Waals surface area contributed by atoms with E-state index in [1.54, 1.807) is 0 Å². The molecule has 3 N–H and O–H groups in total. The second kappa shape index (κ2) is 9.67. The minimum absolute atomic E-state index is 0.0460. The van der Waals surface area contributed by atoms with Crippen LogP contribution in [-0.2, 0) is 11.4 Å². The van der Waals surface area contributed by atoms with Gasteiger partial charge in [0.25, 0.3) is 5.91 Å². The average molecular weight is 436 g/mol. The Morgan fingerprint density at radius 3 is 2.68 bits per heavy atom. The maximum Gasteiger partial charge on any atom is 0.388 e. The van der Waals surface area contributed by atoms with E-state index in [-0.39, 0.29) is 35.3 Å². The van der Waals surface area contributed by atoms with Crippen LogP contribution in [0.4, 0.5) is 19.0 Å². The summed E-state index contributed by atoms with van der Waals surface area (Å²) in [5.74, 6) is -1.79. The van der Waals surface area contributed by atoms with Gasteiger partial charge in [0.05, 0.1) is 25.2 Å². The molecule has 0 spiro atoms. The maximum atomic E-state index is 13.7. The van der Waals surface area contributed by atoms with Gasteiger partial charge in [-0.3, -0.25) is 9.63 Å². The van der Waals surface area contributed by atoms with Crippen molar-refractivity contribution in [3.8, 4) is 22.9 Å². The molecular formula is C18H15F3N6O4. The van der Waals surface area contributed by atoms with E-state index in [1.165, 1.54) is 43.9 Å². The lowest BCUT2D eigenvalue weighted by molar-refractivity contribution is -0.0528. The molecule has 0 aromatic carbocycles. The van der Waals surface area contributed by atoms with Crippen molar-refractivity contribution in [2.45, 2.75) is 13.2 Å². The van der Waals surface area contributed by atoms with Gasteiger partial charge in [-0.15, -0.1) is 0 Å². The van der Waals surface area contributed by atoms with Crippen LogP contribution in [0.1, 0.15) is 16.1 Å². The number of nitrogens with zero attached hydrogens (tertiary/aromatic N) is 4. The van der Waals surface area contributed by atoms with Gasteiger partial charge in [0.2, 0.25) is 11.8 Å². The number of aromatic nitrogens is 4. The van der Waals surface area contributed by atoms with Crippen molar-refractivity contribution in [2.75, 3.05) is 12.8 Å². The van der Waals surface area contributed by atoms with E-state index >= 15 is 0 Å². The molecule has 0 aliphatic heterocycles. The fourth-order valence-electron chi connectivity index (χ4n) is 2.31. The summed E-state index contributed by atoms with van der Waals surface area (Å²) < 4.78 is 47.2. The Kier molecular flexibility index (Phi) is 6.77. The third-order valence-electron chi connectivity index (χ3n) is 3.77. The second-order valence-corrected chi connectivity index (χ2v) is 5.80. The zero-order chi connectivity index (χ0) is 22.4. The van der Waals surface area contributed by atoms with Crippen molar-refractivity contribution >= 4 is 11.7 Å². The zero-order valence-electron chi connectivity index (χ0n) is 15.9. The van der Waals surface area contributed by atoms with E-state index in [0.29, 0.717) is 11.3 Å². The van der Waals surface area contributed by atoms with Crippen molar-refractivity contribution in [1.29, 1.82) is 0 Å². The van der Waals surface area contributed by atoms with Gasteiger partial charge in [-0.05, 0) is 12.1 Å². The number of nitrogens with two attached hydrogens (primary N) is 1. The molecule has 0 atom stereocenters. The quantitative estimate of drug-likeness (QED) is 0.402. The van der Waals surface area contributed by atoms with E-state index in [0.717, 1.165) is 0 Å². The number of hydrogen-bond donors (Lipinski definition) is 2. The number of carbonyl (C=O) groups is 1. The molecule has 3 aromatic rings. The number of anilines is 1. The standard InChI is InChI=1S/C18H15F3N6O4/c1-29-11-4-10(15(19)24-6-11)8-30-27-17(28)14-16(22)25-7-12(26-14)9-2-3-13(23-5-9)31-18(20)21/h2-7,18H,8H2,1H3,(H2,22,25)(H,27,28). The van der Waals surface area contributed by atoms with Gasteiger partial charge in [0.15, 0.2) is 11.5 Å². The Morgan fingerprint density at radius 2 is 2.00 bits per heavy atom. The van der Waals surface area contributed by atoms with E-state index in [2.05, 4.69) is 30.2 Å². The fourth-order valence-corrected chi connectivity index (χ4v) is 2.31. The summed E-state index contributed by atoms with van der Waals surface area (Å²) in [5.41, 5.74) is 8.12. The molecule has 3 heterocycles. The largest absolute Gasteiger partial charge is 0.495 e. The topological polar surface area (TPSA) is 134 Å². The summed E-state index contributed by atoms with van der Waals surface area (Å²) in [5, 5.41) is 0. The summed E-state index contributed by atoms with van der Waals surface area (Å²) in [4.78, 5) is 32.6. The molecule has 10 nitrogen and oxygen atoms in total. The molecule has 1 amide bonds. The van der Waals surface area contributed by atoms with Crippen molar-refractivity contribution < 1.29 is 32.3 Å². The Labute approximate surface area is 173 Å². The van der Waals surface area contributed by atoms with E-state index in [9.17, 15) is 18.0 Å². The second-order valence-electron chi connectivity index (χ2n) is 5.80. The third-order valence-corrected chi connectivity index (χ3v) is 3.77. The number of halogens is 3. The molecule has 3 aromatic heterocycles. The SMILES string of the molecule is COc1cnc(F)c(CONC(=O)c2nc(-c3ccc(OC(F)F)nc3)cnc2N)c1. The van der Waals surface area contributed by atoms with Crippen molar-refractivity contribution in [3.63, 3.8) is 0 Å². The minimum Gasteiger partial charge on any atom is -0.495 e. The molecular weight excluding hydrogens is 421 g/mol. The van der Waals surface area contributed by atoms with E-state index in [1.807, 2.05) is 0 Å². The van der Waals surface area contributed by atoms with Crippen LogP contribution in [0.5, 0.6) is 11.6 Å². The summed E-state index contributed by atoms with van der Waals surface area (Å²) in [6, 6.07) is 3.97. The fraction of sp³-hybridized carbons (Fsp3) is 0.167. The molecule has 0 radical (unpaired) electrons. The molecule has 3 rings (SSSR count). The number of rotatable bonds is 8. The predicted molar refractivity (Wildman–Crippen MR) is 99.3 cm³/mol. The first-order valence-electron chi connectivity index (χ1n) is 8.51. The van der Waals surface area contributed by atoms with Gasteiger partial charge in [0.1, 0.15) is 12.4 Å². The number of carbonyl (C=O) groups excluding carboxylic acids is 1. The van der Waals surface area contributed by atoms with Gasteiger partial charge in [-0.1, -0.05) is 0 Å². The summed E-state index contributed by atoms with van der Waals surface area (Å²) in [6.45, 7) is -3.35. The number of nitrogen functional groups attached to an aromatic ring is 1. The summed E-state index contributed by atoms with van der Waals surface area (Å²) >= 11 is 0. The van der Waals surface area contributed by atoms with Crippen LogP contribution in [0.25, 0.3) is 11.3 Å². The number of methoxy groups -OCH3 is 1. The first kappa shape index (κ1) is 21.7. The van der Waals surface area contributed by atoms with E-state index in [4.69, 9.17) is 15.3 Å². The van der Waals surface area contributed by atoms with Gasteiger partial charge < -0.3 is 15.2 Å². The lowest BCUT2D eigenvalue weighted by atomic mass is 10.2. The molecule has 0 saturated carbocycles. The minimum atomic E-state index is -3.01. The Balaban J connectivity index is 1.69. The van der Waals surface area contributed by atoms with Gasteiger partial charge in [-0.25, -0.2) is 25.4 Å². The van der Waals surface area contributed by atoms with Gasteiger partial charge in [0, 0.05) is 23.4 Å². The molecule has 31 heavy (non-hydrogen) atoms. The number of pyridine rings is 2. The number of amides is 1. The number of alkyl halides is 2. The zero-order valence-corrected chi connectivity index (χ0v) is 15.9. The highest BCUT2D eigenvalue weighted by molar-refractivity contribution is 5.96. The summed E-state index contributed by atoms with van der Waals surface area (Å²) in [7, 11) is 1.39. The van der Waals surface area contributed by atoms with Crippen LogP contribution in [0.2, 0.25) is 0 Å². The highest BCUT2D eigenvalue weighted by Gasteiger charge is 2.16. The smallest absolute Gasteiger partial charge is 0.388 e. The van der Waals surface area contributed by atoms with Crippen LogP contribution < -0.4 is 20.7 Å². The molecule has 0 aliphatic rings. The van der Waals surface area contributed by atoms with Gasteiger partial charge >= 0.3 is 6.61 Å². The first-order valence-corrected chi connectivity index (χ1v) is 8.51. The highest BCUT2D eigenvalue weighted by Crippen LogP contribution is 2.20. The van der Waals surface area contributed by atoms with Crippen LogP contribution in [0.15, 0.2) is 36.8 Å². The third kappa shape index (κ3) is 5.54. The summed E-state index contributed by atoms with van der Waals surface area (Å²) in [6.07, 6.45) is 3.68. The Morgan fingerprint density at radius 1 is 1.19 bits per heavy atom. The molecule has 13 heteroatoms. The number of hydrogen-bond acceptors (Lipinski definition) is 9. The lowest BCUT2D eigenvalue weighted by Gasteiger charge is -2.09. The number of hydroxylamine groups is 1. The van der Waals surface area contributed by atoms with E-state index < -0.39 is 18.5 Å². The van der Waals surface area contributed by atoms with Crippen LogP contribution in [-0.4, -0.2) is 39.6 Å². The van der Waals surface area contributed by atoms with Crippen LogP contribution in [0, 0.1) is 5.95 Å². The monoisotopic (exact) mass is 436 g/mol. The molecule has 0 unspecified atom stereocenters. The lowest BCUT2D eigenvalue weighted by Crippen LogP contribution is -2.26. The van der Waals surface area contributed by atoms with Crippen LogP contribution in [0.3, 0.4) is 0 Å². The molecule has 0 saturated heterocycles. The van der Waals surface area contributed by atoms with Crippen LogP contribution >= 0.6 is 0 Å². The first-order chi connectivity index (χ1) is 14.9. The molecule has 162 valence electrons. The molecule has 0 fully saturated rings. The van der Waals surface area contributed by atoms with Crippen molar-refractivity contribution in [1.82, 2.24) is 25.4 Å². The number of ether oxygens (including phenoxy) is 2. The van der Waals surface area contributed by atoms with Crippen molar-refractivity contribution in [2.24, 2.45) is 0 Å². The molecule has 0 bridgehead atoms. The predicted octanol–water partition coefficient (Wildman–Crippen LogP) is 2.13.